The molecule has 0 aromatic carbocycles. The number of aromatic nitrogens is 1. The van der Waals surface area contributed by atoms with E-state index in [4.69, 9.17) is 16.7 Å². The number of rotatable bonds is 2. The summed E-state index contributed by atoms with van der Waals surface area (Å²) in [7, 11) is 0. The number of halogens is 1. The van der Waals surface area contributed by atoms with Gasteiger partial charge in [-0.1, -0.05) is 11.6 Å². The molecule has 1 fully saturated rings. The van der Waals surface area contributed by atoms with Gasteiger partial charge in [-0.05, 0) is 0 Å². The SMILES string of the molecule is O=C1CC(C(=O)O)(c2cnc(Cl)s2)C1. The quantitative estimate of drug-likeness (QED) is 0.837. The molecule has 14 heavy (non-hydrogen) atoms. The van der Waals surface area contributed by atoms with Gasteiger partial charge in [0, 0.05) is 23.9 Å². The van der Waals surface area contributed by atoms with Crippen LogP contribution in [0.1, 0.15) is 17.7 Å². The van der Waals surface area contributed by atoms with Crippen LogP contribution >= 0.6 is 22.9 Å². The molecule has 1 N–H and O–H groups in total. The highest BCUT2D eigenvalue weighted by Gasteiger charge is 2.52. The number of carbonyl (C=O) groups is 2. The number of carboxylic acid groups (broad SMARTS) is 1. The molecular formula is C8H6ClNO3S. The number of hydrogen-bond acceptors (Lipinski definition) is 4. The third-order valence-corrected chi connectivity index (χ3v) is 3.68. The number of aliphatic carboxylic acids is 1. The zero-order valence-electron chi connectivity index (χ0n) is 6.99. The van der Waals surface area contributed by atoms with E-state index in [9.17, 15) is 9.59 Å². The Hall–Kier alpha value is -0.940. The van der Waals surface area contributed by atoms with Crippen LogP contribution in [-0.4, -0.2) is 21.8 Å². The van der Waals surface area contributed by atoms with Gasteiger partial charge >= 0.3 is 5.97 Å². The van der Waals surface area contributed by atoms with Gasteiger partial charge < -0.3 is 5.11 Å². The van der Waals surface area contributed by atoms with Crippen LogP contribution in [0.2, 0.25) is 4.47 Å². The Labute approximate surface area is 88.5 Å². The van der Waals surface area contributed by atoms with E-state index in [2.05, 4.69) is 4.98 Å². The maximum absolute atomic E-state index is 11.0. The first-order chi connectivity index (χ1) is 6.54. The van der Waals surface area contributed by atoms with Gasteiger partial charge in [-0.15, -0.1) is 11.3 Å². The molecule has 1 aromatic heterocycles. The van der Waals surface area contributed by atoms with E-state index < -0.39 is 11.4 Å². The highest BCUT2D eigenvalue weighted by Crippen LogP contribution is 2.44. The fraction of sp³-hybridized carbons (Fsp3) is 0.375. The Morgan fingerprint density at radius 2 is 2.29 bits per heavy atom. The maximum atomic E-state index is 11.0. The van der Waals surface area contributed by atoms with Gasteiger partial charge in [-0.25, -0.2) is 4.98 Å². The number of ketones is 1. The van der Waals surface area contributed by atoms with Crippen molar-refractivity contribution in [2.45, 2.75) is 18.3 Å². The minimum absolute atomic E-state index is 0.0306. The van der Waals surface area contributed by atoms with Crippen LogP contribution in [0.5, 0.6) is 0 Å². The molecule has 0 radical (unpaired) electrons. The Morgan fingerprint density at radius 1 is 1.64 bits per heavy atom. The summed E-state index contributed by atoms with van der Waals surface area (Å²) in [5.74, 6) is -1.01. The number of hydrogen-bond donors (Lipinski definition) is 1. The fourth-order valence-corrected chi connectivity index (χ4v) is 2.64. The number of thiazole rings is 1. The summed E-state index contributed by atoms with van der Waals surface area (Å²) >= 11 is 6.74. The number of nitrogens with zero attached hydrogens (tertiary/aromatic N) is 1. The lowest BCUT2D eigenvalue weighted by molar-refractivity contribution is -0.153. The van der Waals surface area contributed by atoms with E-state index in [-0.39, 0.29) is 18.6 Å². The molecule has 0 saturated heterocycles. The average Bonchev–Trinajstić information content (AvgIpc) is 2.45. The minimum Gasteiger partial charge on any atom is -0.481 e. The van der Waals surface area contributed by atoms with Crippen molar-refractivity contribution in [2.75, 3.05) is 0 Å². The number of Topliss-reactive ketones (excluding diaryl/α,β-unsaturated/α-hetero) is 1. The predicted octanol–water partition coefficient (Wildman–Crippen LogP) is 1.48. The second-order valence-corrected chi connectivity index (χ2v) is 4.87. The summed E-state index contributed by atoms with van der Waals surface area (Å²) in [6.45, 7) is 0. The Bertz CT molecular complexity index is 406. The third kappa shape index (κ3) is 1.24. The van der Waals surface area contributed by atoms with E-state index in [1.54, 1.807) is 0 Å². The van der Waals surface area contributed by atoms with E-state index in [1.807, 2.05) is 0 Å². The van der Waals surface area contributed by atoms with Crippen LogP contribution in [0.25, 0.3) is 0 Å². The molecule has 0 amide bonds. The van der Waals surface area contributed by atoms with Gasteiger partial charge in [0.1, 0.15) is 11.2 Å². The topological polar surface area (TPSA) is 67.3 Å². The molecule has 0 aliphatic heterocycles. The minimum atomic E-state index is -1.05. The van der Waals surface area contributed by atoms with Gasteiger partial charge in [0.15, 0.2) is 4.47 Å². The fourth-order valence-electron chi connectivity index (χ4n) is 1.53. The summed E-state index contributed by atoms with van der Waals surface area (Å²) in [5.41, 5.74) is -1.05. The monoisotopic (exact) mass is 231 g/mol. The molecule has 0 atom stereocenters. The summed E-state index contributed by atoms with van der Waals surface area (Å²) in [5, 5.41) is 9.05. The molecule has 2 rings (SSSR count). The molecule has 1 aliphatic rings. The summed E-state index contributed by atoms with van der Waals surface area (Å²) in [4.78, 5) is 26.3. The predicted molar refractivity (Wildman–Crippen MR) is 50.7 cm³/mol. The van der Waals surface area contributed by atoms with Crippen molar-refractivity contribution in [3.8, 4) is 0 Å². The second-order valence-electron chi connectivity index (χ2n) is 3.26. The van der Waals surface area contributed by atoms with Crippen molar-refractivity contribution >= 4 is 34.7 Å². The third-order valence-electron chi connectivity index (χ3n) is 2.36. The average molecular weight is 232 g/mol. The summed E-state index contributed by atoms with van der Waals surface area (Å²) < 4.78 is 0.306. The molecule has 1 heterocycles. The van der Waals surface area contributed by atoms with Gasteiger partial charge in [0.25, 0.3) is 0 Å². The lowest BCUT2D eigenvalue weighted by atomic mass is 9.67. The van der Waals surface area contributed by atoms with Crippen molar-refractivity contribution in [3.63, 3.8) is 0 Å². The van der Waals surface area contributed by atoms with Crippen LogP contribution in [-0.2, 0) is 15.0 Å². The Morgan fingerprint density at radius 3 is 2.64 bits per heavy atom. The molecule has 1 aromatic rings. The van der Waals surface area contributed by atoms with Gasteiger partial charge in [-0.3, -0.25) is 9.59 Å². The molecule has 6 heteroatoms. The first-order valence-corrected chi connectivity index (χ1v) is 5.11. The van der Waals surface area contributed by atoms with Crippen LogP contribution in [0.3, 0.4) is 0 Å². The van der Waals surface area contributed by atoms with Crippen LogP contribution < -0.4 is 0 Å². The first-order valence-electron chi connectivity index (χ1n) is 3.91. The van der Waals surface area contributed by atoms with Crippen molar-refractivity contribution in [1.29, 1.82) is 0 Å². The second kappa shape index (κ2) is 3.03. The van der Waals surface area contributed by atoms with Crippen molar-refractivity contribution in [3.05, 3.63) is 15.5 Å². The highest BCUT2D eigenvalue weighted by molar-refractivity contribution is 7.16. The normalized spacial score (nSPS) is 19.1. The van der Waals surface area contributed by atoms with Crippen molar-refractivity contribution in [1.82, 2.24) is 4.98 Å². The van der Waals surface area contributed by atoms with Crippen molar-refractivity contribution < 1.29 is 14.7 Å². The number of carboxylic acids is 1. The van der Waals surface area contributed by atoms with E-state index in [0.717, 1.165) is 11.3 Å². The largest absolute Gasteiger partial charge is 0.481 e. The Kier molecular flexibility index (Phi) is 2.08. The van der Waals surface area contributed by atoms with Crippen LogP contribution in [0, 0.1) is 0 Å². The molecule has 4 nitrogen and oxygen atoms in total. The Balaban J connectivity index is 2.38. The molecular weight excluding hydrogens is 226 g/mol. The summed E-state index contributed by atoms with van der Waals surface area (Å²) in [6.07, 6.45) is 1.55. The first kappa shape index (κ1) is 9.61. The molecule has 1 aliphatic carbocycles. The highest BCUT2D eigenvalue weighted by atomic mass is 35.5. The van der Waals surface area contributed by atoms with Crippen molar-refractivity contribution in [2.24, 2.45) is 0 Å². The molecule has 0 bridgehead atoms. The van der Waals surface area contributed by atoms with E-state index in [1.165, 1.54) is 6.20 Å². The smallest absolute Gasteiger partial charge is 0.315 e. The van der Waals surface area contributed by atoms with Crippen LogP contribution in [0.15, 0.2) is 6.20 Å². The maximum Gasteiger partial charge on any atom is 0.315 e. The molecule has 0 unspecified atom stereocenters. The molecule has 0 spiro atoms. The molecule has 1 saturated carbocycles. The lowest BCUT2D eigenvalue weighted by Gasteiger charge is -2.34. The summed E-state index contributed by atoms with van der Waals surface area (Å²) in [6, 6.07) is 0. The zero-order valence-corrected chi connectivity index (χ0v) is 8.56. The van der Waals surface area contributed by atoms with E-state index in [0.29, 0.717) is 9.34 Å². The standard InChI is InChI=1S/C8H6ClNO3S/c9-7-10-3-5(14-7)8(6(12)13)1-4(11)2-8/h3H,1-2H2,(H,12,13). The van der Waals surface area contributed by atoms with Gasteiger partial charge in [0.2, 0.25) is 0 Å². The lowest BCUT2D eigenvalue weighted by Crippen LogP contribution is -2.47. The molecule has 74 valence electrons. The van der Waals surface area contributed by atoms with Crippen LogP contribution in [0.4, 0.5) is 0 Å². The van der Waals surface area contributed by atoms with Gasteiger partial charge in [0.05, 0.1) is 0 Å². The zero-order chi connectivity index (χ0) is 10.3. The van der Waals surface area contributed by atoms with E-state index >= 15 is 0 Å². The van der Waals surface area contributed by atoms with Gasteiger partial charge in [-0.2, -0.15) is 0 Å². The number of carbonyl (C=O) groups excluding carboxylic acids is 1.